The number of rotatable bonds is 5. The summed E-state index contributed by atoms with van der Waals surface area (Å²) in [4.78, 5) is 0. The summed E-state index contributed by atoms with van der Waals surface area (Å²) >= 11 is 0. The van der Waals surface area contributed by atoms with Gasteiger partial charge >= 0.3 is 0 Å². The molecular weight excluding hydrogens is 198 g/mol. The van der Waals surface area contributed by atoms with Crippen molar-refractivity contribution in [2.75, 3.05) is 20.8 Å². The van der Waals surface area contributed by atoms with Gasteiger partial charge in [0.15, 0.2) is 0 Å². The van der Waals surface area contributed by atoms with E-state index < -0.39 is 0 Å². The van der Waals surface area contributed by atoms with E-state index in [9.17, 15) is 0 Å². The van der Waals surface area contributed by atoms with E-state index >= 15 is 0 Å². The Kier molecular flexibility index (Phi) is 7.48. The van der Waals surface area contributed by atoms with E-state index in [1.165, 1.54) is 5.56 Å². The highest BCUT2D eigenvalue weighted by atomic mass is 35.5. The summed E-state index contributed by atoms with van der Waals surface area (Å²) in [5.74, 6) is 0. The highest BCUT2D eigenvalue weighted by Crippen LogP contribution is 2.02. The monoisotopic (exact) mass is 215 g/mol. The summed E-state index contributed by atoms with van der Waals surface area (Å²) in [6.45, 7) is 0.755. The van der Waals surface area contributed by atoms with E-state index in [0.717, 1.165) is 13.0 Å². The lowest BCUT2D eigenvalue weighted by atomic mass is 10.1. The molecule has 0 fully saturated rings. The average Bonchev–Trinajstić information content (AvgIpc) is 2.19. The molecule has 0 radical (unpaired) electrons. The maximum atomic E-state index is 5.10. The smallest absolute Gasteiger partial charge is 0.0618 e. The van der Waals surface area contributed by atoms with Gasteiger partial charge in [-0.1, -0.05) is 30.3 Å². The minimum absolute atomic E-state index is 0. The third kappa shape index (κ3) is 4.61. The summed E-state index contributed by atoms with van der Waals surface area (Å²) in [6, 6.07) is 10.9. The van der Waals surface area contributed by atoms with Crippen LogP contribution in [0.25, 0.3) is 0 Å². The van der Waals surface area contributed by atoms with Crippen LogP contribution in [-0.4, -0.2) is 26.8 Å². The Morgan fingerprint density at radius 1 is 1.29 bits per heavy atom. The van der Waals surface area contributed by atoms with Gasteiger partial charge in [-0.15, -0.1) is 12.4 Å². The van der Waals surface area contributed by atoms with Gasteiger partial charge in [0, 0.05) is 13.2 Å². The first-order valence-electron chi connectivity index (χ1n) is 4.57. The molecule has 1 unspecified atom stereocenters. The van der Waals surface area contributed by atoms with Crippen LogP contribution in [0.2, 0.25) is 0 Å². The second kappa shape index (κ2) is 7.80. The normalized spacial score (nSPS) is 11.9. The number of methoxy groups -OCH3 is 1. The van der Waals surface area contributed by atoms with Crippen molar-refractivity contribution >= 4 is 12.4 Å². The molecule has 1 aromatic carbocycles. The lowest BCUT2D eigenvalue weighted by Gasteiger charge is -2.14. The summed E-state index contributed by atoms with van der Waals surface area (Å²) in [5.41, 5.74) is 1.35. The molecule has 1 rings (SSSR count). The Hall–Kier alpha value is -0.570. The standard InChI is InChI=1S/C11H17NO.ClH/c1-12-11(9-13-2)8-10-6-4-3-5-7-10;/h3-7,11-12H,8-9H2,1-2H3;1H. The Labute approximate surface area is 92.1 Å². The predicted molar refractivity (Wildman–Crippen MR) is 62.1 cm³/mol. The molecule has 80 valence electrons. The van der Waals surface area contributed by atoms with Crippen molar-refractivity contribution in [3.63, 3.8) is 0 Å². The van der Waals surface area contributed by atoms with Crippen molar-refractivity contribution in [3.05, 3.63) is 35.9 Å². The van der Waals surface area contributed by atoms with Crippen LogP contribution in [0.5, 0.6) is 0 Å². The fraction of sp³-hybridized carbons (Fsp3) is 0.455. The Morgan fingerprint density at radius 3 is 2.43 bits per heavy atom. The Bertz CT molecular complexity index is 228. The largest absolute Gasteiger partial charge is 0.383 e. The molecule has 1 atom stereocenters. The Morgan fingerprint density at radius 2 is 1.93 bits per heavy atom. The van der Waals surface area contributed by atoms with E-state index in [1.807, 2.05) is 13.1 Å². The lowest BCUT2D eigenvalue weighted by Crippen LogP contribution is -2.31. The van der Waals surface area contributed by atoms with Crippen molar-refractivity contribution in [2.45, 2.75) is 12.5 Å². The van der Waals surface area contributed by atoms with Crippen LogP contribution in [0, 0.1) is 0 Å². The van der Waals surface area contributed by atoms with Gasteiger partial charge in [-0.3, -0.25) is 0 Å². The number of benzene rings is 1. The molecule has 0 aliphatic heterocycles. The van der Waals surface area contributed by atoms with Gasteiger partial charge in [-0.2, -0.15) is 0 Å². The SMILES string of the molecule is CNC(COC)Cc1ccccc1.Cl. The van der Waals surface area contributed by atoms with Gasteiger partial charge in [0.25, 0.3) is 0 Å². The molecular formula is C11H18ClNO. The van der Waals surface area contributed by atoms with Gasteiger partial charge in [0.05, 0.1) is 6.61 Å². The Balaban J connectivity index is 0.00000169. The van der Waals surface area contributed by atoms with E-state index in [2.05, 4.69) is 29.6 Å². The molecule has 0 aliphatic rings. The molecule has 1 N–H and O–H groups in total. The van der Waals surface area contributed by atoms with Crippen molar-refractivity contribution < 1.29 is 4.74 Å². The van der Waals surface area contributed by atoms with Crippen molar-refractivity contribution in [1.82, 2.24) is 5.32 Å². The molecule has 2 nitrogen and oxygen atoms in total. The second-order valence-corrected chi connectivity index (χ2v) is 3.13. The van der Waals surface area contributed by atoms with Crippen molar-refractivity contribution in [3.8, 4) is 0 Å². The first kappa shape index (κ1) is 13.4. The maximum Gasteiger partial charge on any atom is 0.0618 e. The average molecular weight is 216 g/mol. The highest BCUT2D eigenvalue weighted by Gasteiger charge is 2.05. The highest BCUT2D eigenvalue weighted by molar-refractivity contribution is 5.85. The summed E-state index contributed by atoms with van der Waals surface area (Å²) in [5, 5.41) is 3.23. The lowest BCUT2D eigenvalue weighted by molar-refractivity contribution is 0.169. The van der Waals surface area contributed by atoms with Crippen molar-refractivity contribution in [2.24, 2.45) is 0 Å². The number of halogens is 1. The van der Waals surface area contributed by atoms with E-state index in [0.29, 0.717) is 6.04 Å². The summed E-state index contributed by atoms with van der Waals surface area (Å²) in [6.07, 6.45) is 1.02. The predicted octanol–water partition coefficient (Wildman–Crippen LogP) is 1.89. The molecule has 3 heteroatoms. The zero-order valence-electron chi connectivity index (χ0n) is 8.69. The quantitative estimate of drug-likeness (QED) is 0.810. The minimum Gasteiger partial charge on any atom is -0.383 e. The molecule has 0 amide bonds. The van der Waals surface area contributed by atoms with E-state index in [-0.39, 0.29) is 12.4 Å². The third-order valence-electron chi connectivity index (χ3n) is 2.10. The summed E-state index contributed by atoms with van der Waals surface area (Å²) < 4.78 is 5.10. The van der Waals surface area contributed by atoms with Crippen LogP contribution in [0.1, 0.15) is 5.56 Å². The van der Waals surface area contributed by atoms with Gasteiger partial charge in [0.2, 0.25) is 0 Å². The van der Waals surface area contributed by atoms with E-state index in [1.54, 1.807) is 7.11 Å². The zero-order valence-corrected chi connectivity index (χ0v) is 9.51. The van der Waals surface area contributed by atoms with Crippen LogP contribution < -0.4 is 5.32 Å². The fourth-order valence-electron chi connectivity index (χ4n) is 1.34. The first-order valence-corrected chi connectivity index (χ1v) is 4.57. The van der Waals surface area contributed by atoms with Crippen LogP contribution in [-0.2, 0) is 11.2 Å². The molecule has 14 heavy (non-hydrogen) atoms. The van der Waals surface area contributed by atoms with Gasteiger partial charge in [-0.05, 0) is 19.0 Å². The molecule has 0 heterocycles. The first-order chi connectivity index (χ1) is 6.36. The van der Waals surface area contributed by atoms with Crippen LogP contribution >= 0.6 is 12.4 Å². The molecule has 0 aliphatic carbocycles. The molecule has 1 aromatic rings. The van der Waals surface area contributed by atoms with Gasteiger partial charge in [-0.25, -0.2) is 0 Å². The fourth-order valence-corrected chi connectivity index (χ4v) is 1.34. The number of ether oxygens (including phenoxy) is 1. The molecule has 0 saturated carbocycles. The number of hydrogen-bond donors (Lipinski definition) is 1. The van der Waals surface area contributed by atoms with Gasteiger partial charge in [0.1, 0.15) is 0 Å². The third-order valence-corrected chi connectivity index (χ3v) is 2.10. The molecule has 0 spiro atoms. The summed E-state index contributed by atoms with van der Waals surface area (Å²) in [7, 11) is 3.70. The zero-order chi connectivity index (χ0) is 9.52. The molecule has 0 saturated heterocycles. The number of nitrogens with one attached hydrogen (secondary N) is 1. The topological polar surface area (TPSA) is 21.3 Å². The number of likely N-dealkylation sites (N-methyl/N-ethyl adjacent to an activating group) is 1. The second-order valence-electron chi connectivity index (χ2n) is 3.13. The van der Waals surface area contributed by atoms with Crippen LogP contribution in [0.4, 0.5) is 0 Å². The minimum atomic E-state index is 0. The van der Waals surface area contributed by atoms with Crippen LogP contribution in [0.15, 0.2) is 30.3 Å². The molecule has 0 bridgehead atoms. The van der Waals surface area contributed by atoms with Gasteiger partial charge < -0.3 is 10.1 Å². The van der Waals surface area contributed by atoms with E-state index in [4.69, 9.17) is 4.74 Å². The number of hydrogen-bond acceptors (Lipinski definition) is 2. The molecule has 0 aromatic heterocycles. The van der Waals surface area contributed by atoms with Crippen molar-refractivity contribution in [1.29, 1.82) is 0 Å². The maximum absolute atomic E-state index is 5.10. The van der Waals surface area contributed by atoms with Crippen LogP contribution in [0.3, 0.4) is 0 Å².